The molecule has 11 heteroatoms. The summed E-state index contributed by atoms with van der Waals surface area (Å²) in [7, 11) is 1.49. The Kier molecular flexibility index (Phi) is 6.83. The van der Waals surface area contributed by atoms with Crippen LogP contribution in [0.5, 0.6) is 0 Å². The summed E-state index contributed by atoms with van der Waals surface area (Å²) in [4.78, 5) is 37.6. The largest absolute Gasteiger partial charge is 0.383 e. The molecule has 0 spiro atoms. The summed E-state index contributed by atoms with van der Waals surface area (Å²) in [5, 5.41) is 4.28. The summed E-state index contributed by atoms with van der Waals surface area (Å²) in [6.45, 7) is 1.14. The lowest BCUT2D eigenvalue weighted by atomic mass is 10.1. The van der Waals surface area contributed by atoms with Gasteiger partial charge in [0, 0.05) is 37.2 Å². The number of nitrogens with zero attached hydrogens (tertiary/aromatic N) is 4. The van der Waals surface area contributed by atoms with E-state index in [1.165, 1.54) is 24.4 Å². The summed E-state index contributed by atoms with van der Waals surface area (Å²) in [6, 6.07) is 9.19. The molecule has 1 fully saturated rings. The van der Waals surface area contributed by atoms with Gasteiger partial charge in [0.25, 0.3) is 0 Å². The zero-order chi connectivity index (χ0) is 23.5. The number of hydrogen-bond donors (Lipinski definition) is 2. The van der Waals surface area contributed by atoms with Crippen molar-refractivity contribution >= 4 is 57.5 Å². The first-order valence-corrected chi connectivity index (χ1v) is 10.9. The minimum absolute atomic E-state index is 0.0680. The topological polar surface area (TPSA) is 114 Å². The molecular weight excluding hydrogens is 467 g/mol. The molecule has 3 N–H and O–H groups in total. The normalized spacial score (nSPS) is 16.3. The number of benzene rings is 2. The highest BCUT2D eigenvalue weighted by Gasteiger charge is 2.37. The molecule has 0 radical (unpaired) electrons. The number of nitrogen functional groups attached to an aromatic ring is 1. The predicted molar refractivity (Wildman–Crippen MR) is 127 cm³/mol. The van der Waals surface area contributed by atoms with Crippen molar-refractivity contribution in [2.24, 2.45) is 0 Å². The molecule has 0 aliphatic carbocycles. The van der Waals surface area contributed by atoms with Crippen molar-refractivity contribution < 1.29 is 14.3 Å². The van der Waals surface area contributed by atoms with Crippen molar-refractivity contribution in [1.82, 2.24) is 19.8 Å². The van der Waals surface area contributed by atoms with E-state index in [4.69, 9.17) is 33.7 Å². The predicted octanol–water partition coefficient (Wildman–Crippen LogP) is 3.41. The average Bonchev–Trinajstić information content (AvgIpc) is 2.78. The van der Waals surface area contributed by atoms with Gasteiger partial charge in [0.05, 0.1) is 22.8 Å². The standard InChI is InChI=1S/C22H22Cl2N6O3/c1-33-11-19-21(31)29(10-13-2-4-15-18(8-13)26-12-27-20(15)25)6-7-30(19)22(32)28-17-5-3-14(23)9-16(17)24/h2-5,8-9,12,19H,6-7,10-11H2,1H3,(H,28,32)(H2,25,26,27)/t19-/m0/s1. The third-order valence-corrected chi connectivity index (χ3v) is 5.99. The summed E-state index contributed by atoms with van der Waals surface area (Å²) in [5.74, 6) is 0.200. The van der Waals surface area contributed by atoms with Gasteiger partial charge in [-0.1, -0.05) is 29.3 Å². The molecule has 172 valence electrons. The smallest absolute Gasteiger partial charge is 0.322 e. The third-order valence-electron chi connectivity index (χ3n) is 5.45. The van der Waals surface area contributed by atoms with Crippen molar-refractivity contribution in [1.29, 1.82) is 0 Å². The lowest BCUT2D eigenvalue weighted by molar-refractivity contribution is -0.142. The van der Waals surface area contributed by atoms with E-state index in [1.807, 2.05) is 18.2 Å². The second-order valence-corrected chi connectivity index (χ2v) is 8.43. The van der Waals surface area contributed by atoms with Gasteiger partial charge in [-0.05, 0) is 35.9 Å². The van der Waals surface area contributed by atoms with E-state index in [0.29, 0.717) is 46.7 Å². The van der Waals surface area contributed by atoms with E-state index in [-0.39, 0.29) is 12.5 Å². The maximum atomic E-state index is 13.3. The Hall–Kier alpha value is -3.14. The van der Waals surface area contributed by atoms with E-state index in [1.54, 1.807) is 17.0 Å². The van der Waals surface area contributed by atoms with Crippen LogP contribution in [-0.2, 0) is 16.1 Å². The third kappa shape index (κ3) is 4.95. The Morgan fingerprint density at radius 2 is 2.03 bits per heavy atom. The van der Waals surface area contributed by atoms with E-state index >= 15 is 0 Å². The Morgan fingerprint density at radius 1 is 1.21 bits per heavy atom. The molecule has 2 heterocycles. The zero-order valence-corrected chi connectivity index (χ0v) is 19.3. The van der Waals surface area contributed by atoms with Crippen LogP contribution in [0.3, 0.4) is 0 Å². The number of halogens is 2. The van der Waals surface area contributed by atoms with Crippen LogP contribution in [0.4, 0.5) is 16.3 Å². The molecule has 1 saturated heterocycles. The summed E-state index contributed by atoms with van der Waals surface area (Å²) >= 11 is 12.1. The van der Waals surface area contributed by atoms with Crippen LogP contribution in [0.25, 0.3) is 10.9 Å². The molecule has 0 saturated carbocycles. The fourth-order valence-electron chi connectivity index (χ4n) is 3.78. The number of fused-ring (bicyclic) bond motifs is 1. The number of piperazine rings is 1. The molecule has 1 aliphatic heterocycles. The number of amides is 3. The molecule has 1 atom stereocenters. The molecule has 4 rings (SSSR count). The first-order chi connectivity index (χ1) is 15.9. The Balaban J connectivity index is 1.49. The van der Waals surface area contributed by atoms with Crippen LogP contribution < -0.4 is 11.1 Å². The van der Waals surface area contributed by atoms with Gasteiger partial charge in [-0.25, -0.2) is 14.8 Å². The van der Waals surface area contributed by atoms with Crippen LogP contribution in [0.15, 0.2) is 42.7 Å². The molecule has 9 nitrogen and oxygen atoms in total. The van der Waals surface area contributed by atoms with Crippen LogP contribution in [-0.4, -0.2) is 64.6 Å². The zero-order valence-electron chi connectivity index (χ0n) is 17.8. The van der Waals surface area contributed by atoms with Crippen molar-refractivity contribution in [3.63, 3.8) is 0 Å². The highest BCUT2D eigenvalue weighted by Crippen LogP contribution is 2.26. The van der Waals surface area contributed by atoms with Gasteiger partial charge in [0.15, 0.2) is 0 Å². The molecule has 0 bridgehead atoms. The summed E-state index contributed by atoms with van der Waals surface area (Å²) in [5.41, 5.74) is 7.91. The van der Waals surface area contributed by atoms with E-state index in [0.717, 1.165) is 10.9 Å². The second kappa shape index (κ2) is 9.78. The van der Waals surface area contributed by atoms with E-state index in [2.05, 4.69) is 15.3 Å². The lowest BCUT2D eigenvalue weighted by Gasteiger charge is -2.40. The van der Waals surface area contributed by atoms with Crippen LogP contribution in [0.1, 0.15) is 5.56 Å². The number of ether oxygens (including phenoxy) is 1. The fraction of sp³-hybridized carbons (Fsp3) is 0.273. The number of aromatic nitrogens is 2. The minimum Gasteiger partial charge on any atom is -0.383 e. The first-order valence-electron chi connectivity index (χ1n) is 10.2. The van der Waals surface area contributed by atoms with Gasteiger partial charge in [-0.3, -0.25) is 4.79 Å². The van der Waals surface area contributed by atoms with Gasteiger partial charge in [-0.15, -0.1) is 0 Å². The number of nitrogens with two attached hydrogens (primary N) is 1. The number of carbonyl (C=O) groups is 2. The summed E-state index contributed by atoms with van der Waals surface area (Å²) in [6.07, 6.45) is 1.41. The maximum Gasteiger partial charge on any atom is 0.322 e. The van der Waals surface area contributed by atoms with E-state index in [9.17, 15) is 9.59 Å². The second-order valence-electron chi connectivity index (χ2n) is 7.59. The Labute approximate surface area is 200 Å². The van der Waals surface area contributed by atoms with Gasteiger partial charge in [0.2, 0.25) is 5.91 Å². The Morgan fingerprint density at radius 3 is 2.79 bits per heavy atom. The monoisotopic (exact) mass is 488 g/mol. The lowest BCUT2D eigenvalue weighted by Crippen LogP contribution is -2.60. The summed E-state index contributed by atoms with van der Waals surface area (Å²) < 4.78 is 5.25. The van der Waals surface area contributed by atoms with Crippen LogP contribution in [0.2, 0.25) is 10.0 Å². The molecular formula is C22H22Cl2N6O3. The van der Waals surface area contributed by atoms with Crippen LogP contribution in [0, 0.1) is 0 Å². The highest BCUT2D eigenvalue weighted by molar-refractivity contribution is 6.36. The van der Waals surface area contributed by atoms with Gasteiger partial charge in [0.1, 0.15) is 18.2 Å². The van der Waals surface area contributed by atoms with Crippen molar-refractivity contribution in [2.75, 3.05) is 37.9 Å². The number of methoxy groups -OCH3 is 1. The fourth-order valence-corrected chi connectivity index (χ4v) is 4.23. The highest BCUT2D eigenvalue weighted by atomic mass is 35.5. The molecule has 2 aromatic carbocycles. The minimum atomic E-state index is -0.770. The number of urea groups is 1. The van der Waals surface area contributed by atoms with E-state index < -0.39 is 12.1 Å². The van der Waals surface area contributed by atoms with Crippen molar-refractivity contribution in [3.8, 4) is 0 Å². The SMILES string of the molecule is COC[C@H]1C(=O)N(Cc2ccc3c(N)ncnc3c2)CCN1C(=O)Nc1ccc(Cl)cc1Cl. The number of nitrogens with one attached hydrogen (secondary N) is 1. The molecule has 3 amide bonds. The number of rotatable bonds is 5. The number of anilines is 2. The molecule has 3 aromatic rings. The number of hydrogen-bond acceptors (Lipinski definition) is 6. The average molecular weight is 489 g/mol. The number of carbonyl (C=O) groups excluding carboxylic acids is 2. The van der Waals surface area contributed by atoms with Gasteiger partial charge >= 0.3 is 6.03 Å². The quantitative estimate of drug-likeness (QED) is 0.568. The molecule has 33 heavy (non-hydrogen) atoms. The first kappa shape index (κ1) is 23.0. The molecule has 1 aromatic heterocycles. The van der Waals surface area contributed by atoms with Crippen molar-refractivity contribution in [2.45, 2.75) is 12.6 Å². The Bertz CT molecular complexity index is 1210. The van der Waals surface area contributed by atoms with Crippen LogP contribution >= 0.6 is 23.2 Å². The van der Waals surface area contributed by atoms with Crippen molar-refractivity contribution in [3.05, 3.63) is 58.3 Å². The molecule has 1 aliphatic rings. The van der Waals surface area contributed by atoms with Gasteiger partial charge in [-0.2, -0.15) is 0 Å². The molecule has 0 unspecified atom stereocenters. The van der Waals surface area contributed by atoms with Gasteiger partial charge < -0.3 is 25.6 Å². The maximum absolute atomic E-state index is 13.3.